The maximum Gasteiger partial charge on any atom is 0.254 e. The van der Waals surface area contributed by atoms with Crippen molar-refractivity contribution in [2.45, 2.75) is 45.1 Å². The number of benzene rings is 1. The van der Waals surface area contributed by atoms with Crippen LogP contribution in [0.4, 0.5) is 0 Å². The van der Waals surface area contributed by atoms with Gasteiger partial charge in [-0.15, -0.1) is 0 Å². The number of carbonyl (C=O) groups is 1. The van der Waals surface area contributed by atoms with Gasteiger partial charge >= 0.3 is 0 Å². The first kappa shape index (κ1) is 16.6. The molecule has 1 N–H and O–H groups in total. The van der Waals surface area contributed by atoms with Crippen LogP contribution in [-0.4, -0.2) is 38.6 Å². The number of aromatic hydroxyl groups is 1. The van der Waals surface area contributed by atoms with Crippen LogP contribution in [0.2, 0.25) is 0 Å². The molecule has 1 saturated heterocycles. The van der Waals surface area contributed by atoms with Crippen LogP contribution in [0.1, 0.15) is 54.7 Å². The van der Waals surface area contributed by atoms with Crippen molar-refractivity contribution in [2.75, 3.05) is 13.1 Å². The molecule has 1 aliphatic rings. The highest BCUT2D eigenvalue weighted by atomic mass is 16.3. The number of likely N-dealkylation sites (tertiary alicyclic amines) is 1. The third-order valence-corrected chi connectivity index (χ3v) is 4.67. The largest absolute Gasteiger partial charge is 0.508 e. The molecule has 0 spiro atoms. The fourth-order valence-corrected chi connectivity index (χ4v) is 3.39. The lowest BCUT2D eigenvalue weighted by Gasteiger charge is -2.32. The van der Waals surface area contributed by atoms with E-state index >= 15 is 0 Å². The standard InChI is InChI=1S/C19H25N3O2/c1-2-3-10-21-12-9-20-18(21)16-7-5-11-22(14-16)19(24)15-6-4-8-17(23)13-15/h4,6,8-9,12-13,16,23H,2-3,5,7,10-11,14H2,1H3. The van der Waals surface area contributed by atoms with Gasteiger partial charge in [-0.05, 0) is 37.5 Å². The fraction of sp³-hybridized carbons (Fsp3) is 0.474. The molecule has 1 unspecified atom stereocenters. The van der Waals surface area contributed by atoms with Crippen molar-refractivity contribution in [3.8, 4) is 5.75 Å². The lowest BCUT2D eigenvalue weighted by molar-refractivity contribution is 0.0703. The first-order valence-corrected chi connectivity index (χ1v) is 8.78. The van der Waals surface area contributed by atoms with Gasteiger partial charge < -0.3 is 14.6 Å². The summed E-state index contributed by atoms with van der Waals surface area (Å²) in [6.07, 6.45) is 8.25. The van der Waals surface area contributed by atoms with Crippen molar-refractivity contribution >= 4 is 5.91 Å². The zero-order valence-corrected chi connectivity index (χ0v) is 14.2. The molecule has 3 rings (SSSR count). The van der Waals surface area contributed by atoms with Gasteiger partial charge in [-0.2, -0.15) is 0 Å². The zero-order valence-electron chi connectivity index (χ0n) is 14.2. The summed E-state index contributed by atoms with van der Waals surface area (Å²) in [7, 11) is 0. The number of carbonyl (C=O) groups excluding carboxylic acids is 1. The predicted octanol–water partition coefficient (Wildman–Crippen LogP) is 3.41. The van der Waals surface area contributed by atoms with Crippen LogP contribution < -0.4 is 0 Å². The maximum absolute atomic E-state index is 12.7. The average molecular weight is 327 g/mol. The quantitative estimate of drug-likeness (QED) is 0.915. The molecule has 1 aromatic carbocycles. The molecule has 2 heterocycles. The molecule has 0 radical (unpaired) electrons. The van der Waals surface area contributed by atoms with Gasteiger partial charge in [-0.25, -0.2) is 4.98 Å². The van der Waals surface area contributed by atoms with Crippen LogP contribution >= 0.6 is 0 Å². The van der Waals surface area contributed by atoms with E-state index in [4.69, 9.17) is 0 Å². The van der Waals surface area contributed by atoms with E-state index < -0.39 is 0 Å². The van der Waals surface area contributed by atoms with E-state index in [1.807, 2.05) is 17.3 Å². The number of aryl methyl sites for hydroxylation is 1. The minimum Gasteiger partial charge on any atom is -0.508 e. The first-order valence-electron chi connectivity index (χ1n) is 8.78. The first-order chi connectivity index (χ1) is 11.7. The van der Waals surface area contributed by atoms with Crippen molar-refractivity contribution in [3.63, 3.8) is 0 Å². The number of imidazole rings is 1. The molecular formula is C19H25N3O2. The van der Waals surface area contributed by atoms with Gasteiger partial charge in [0, 0.05) is 43.5 Å². The third-order valence-electron chi connectivity index (χ3n) is 4.67. The second-order valence-corrected chi connectivity index (χ2v) is 6.47. The van der Waals surface area contributed by atoms with Crippen LogP contribution in [-0.2, 0) is 6.54 Å². The van der Waals surface area contributed by atoms with E-state index in [9.17, 15) is 9.90 Å². The molecule has 5 heteroatoms. The molecule has 1 aliphatic heterocycles. The Bertz CT molecular complexity index is 695. The van der Waals surface area contributed by atoms with Crippen molar-refractivity contribution in [1.82, 2.24) is 14.5 Å². The fourth-order valence-electron chi connectivity index (χ4n) is 3.39. The molecule has 1 amide bonds. The Hall–Kier alpha value is -2.30. The molecule has 1 fully saturated rings. The van der Waals surface area contributed by atoms with E-state index in [0.717, 1.165) is 44.6 Å². The van der Waals surface area contributed by atoms with Gasteiger partial charge in [0.15, 0.2) is 0 Å². The molecule has 1 aromatic heterocycles. The Morgan fingerprint density at radius 3 is 3.08 bits per heavy atom. The Morgan fingerprint density at radius 1 is 1.42 bits per heavy atom. The smallest absolute Gasteiger partial charge is 0.254 e. The molecule has 0 saturated carbocycles. The number of aromatic nitrogens is 2. The van der Waals surface area contributed by atoms with Crippen molar-refractivity contribution in [3.05, 3.63) is 48.0 Å². The summed E-state index contributed by atoms with van der Waals surface area (Å²) >= 11 is 0. The molecule has 0 aliphatic carbocycles. The number of unbranched alkanes of at least 4 members (excludes halogenated alkanes) is 1. The van der Waals surface area contributed by atoms with Crippen LogP contribution in [0.5, 0.6) is 5.75 Å². The minimum absolute atomic E-state index is 0.0118. The zero-order chi connectivity index (χ0) is 16.9. The lowest BCUT2D eigenvalue weighted by atomic mass is 9.96. The van der Waals surface area contributed by atoms with E-state index in [0.29, 0.717) is 12.1 Å². The Morgan fingerprint density at radius 2 is 2.29 bits per heavy atom. The summed E-state index contributed by atoms with van der Waals surface area (Å²) < 4.78 is 2.23. The number of nitrogens with zero attached hydrogens (tertiary/aromatic N) is 3. The Kier molecular flexibility index (Phi) is 5.18. The van der Waals surface area contributed by atoms with Crippen LogP contribution in [0.15, 0.2) is 36.7 Å². The average Bonchev–Trinajstić information content (AvgIpc) is 3.08. The molecular weight excluding hydrogens is 302 g/mol. The minimum atomic E-state index is -0.0118. The summed E-state index contributed by atoms with van der Waals surface area (Å²) in [6.45, 7) is 4.63. The number of phenols is 1. The number of rotatable bonds is 5. The van der Waals surface area contributed by atoms with E-state index in [1.165, 1.54) is 6.07 Å². The van der Waals surface area contributed by atoms with E-state index in [2.05, 4.69) is 16.5 Å². The third kappa shape index (κ3) is 3.61. The Labute approximate surface area is 142 Å². The Balaban J connectivity index is 1.73. The van der Waals surface area contributed by atoms with Crippen LogP contribution in [0.25, 0.3) is 0 Å². The normalized spacial score (nSPS) is 17.9. The number of hydrogen-bond acceptors (Lipinski definition) is 3. The number of piperidine rings is 1. The van der Waals surface area contributed by atoms with Gasteiger partial charge in [0.05, 0.1) is 0 Å². The molecule has 5 nitrogen and oxygen atoms in total. The summed E-state index contributed by atoms with van der Waals surface area (Å²) in [5.41, 5.74) is 0.546. The highest BCUT2D eigenvalue weighted by molar-refractivity contribution is 5.94. The second kappa shape index (κ2) is 7.51. The monoisotopic (exact) mass is 327 g/mol. The van der Waals surface area contributed by atoms with Crippen molar-refractivity contribution in [2.24, 2.45) is 0 Å². The SMILES string of the molecule is CCCCn1ccnc1C1CCCN(C(=O)c2cccc(O)c2)C1. The molecule has 1 atom stereocenters. The highest BCUT2D eigenvalue weighted by Gasteiger charge is 2.28. The van der Waals surface area contributed by atoms with Crippen LogP contribution in [0.3, 0.4) is 0 Å². The van der Waals surface area contributed by atoms with Gasteiger partial charge in [0.25, 0.3) is 5.91 Å². The molecule has 24 heavy (non-hydrogen) atoms. The maximum atomic E-state index is 12.7. The lowest BCUT2D eigenvalue weighted by Crippen LogP contribution is -2.39. The van der Waals surface area contributed by atoms with Gasteiger partial charge in [0.1, 0.15) is 11.6 Å². The van der Waals surface area contributed by atoms with Crippen molar-refractivity contribution < 1.29 is 9.90 Å². The van der Waals surface area contributed by atoms with E-state index in [1.54, 1.807) is 18.2 Å². The summed E-state index contributed by atoms with van der Waals surface area (Å²) in [6, 6.07) is 6.59. The number of amides is 1. The van der Waals surface area contributed by atoms with Gasteiger partial charge in [-0.3, -0.25) is 4.79 Å². The van der Waals surface area contributed by atoms with E-state index in [-0.39, 0.29) is 17.6 Å². The highest BCUT2D eigenvalue weighted by Crippen LogP contribution is 2.27. The summed E-state index contributed by atoms with van der Waals surface area (Å²) in [4.78, 5) is 19.2. The van der Waals surface area contributed by atoms with Gasteiger partial charge in [0.2, 0.25) is 0 Å². The number of phenolic OH excluding ortho intramolecular Hbond substituents is 1. The van der Waals surface area contributed by atoms with Crippen molar-refractivity contribution in [1.29, 1.82) is 0 Å². The second-order valence-electron chi connectivity index (χ2n) is 6.47. The predicted molar refractivity (Wildman–Crippen MR) is 93.1 cm³/mol. The van der Waals surface area contributed by atoms with Crippen LogP contribution in [0, 0.1) is 0 Å². The molecule has 0 bridgehead atoms. The number of hydrogen-bond donors (Lipinski definition) is 1. The molecule has 128 valence electrons. The molecule has 2 aromatic rings. The van der Waals surface area contributed by atoms with Gasteiger partial charge in [-0.1, -0.05) is 19.4 Å². The summed E-state index contributed by atoms with van der Waals surface area (Å²) in [5.74, 6) is 1.50. The summed E-state index contributed by atoms with van der Waals surface area (Å²) in [5, 5.41) is 9.60. The topological polar surface area (TPSA) is 58.4 Å².